The Kier molecular flexibility index (Phi) is 4.99. The van der Waals surface area contributed by atoms with Crippen molar-refractivity contribution < 1.29 is 23.5 Å². The monoisotopic (exact) mass is 409 g/mol. The molecule has 0 radical (unpaired) electrons. The molecule has 2 aromatic rings. The van der Waals surface area contributed by atoms with Crippen LogP contribution < -0.4 is 15.1 Å². The Morgan fingerprint density at radius 1 is 1.27 bits per heavy atom. The lowest BCUT2D eigenvalue weighted by Gasteiger charge is -2.14. The van der Waals surface area contributed by atoms with Crippen LogP contribution in [0.3, 0.4) is 0 Å². The van der Waals surface area contributed by atoms with Gasteiger partial charge in [-0.1, -0.05) is 18.2 Å². The summed E-state index contributed by atoms with van der Waals surface area (Å²) >= 11 is 0. The number of likely N-dealkylation sites (N-methyl/N-ethyl adjacent to an activating group) is 1. The number of halogens is 1. The van der Waals surface area contributed by atoms with Gasteiger partial charge in [-0.15, -0.1) is 0 Å². The minimum atomic E-state index is -0.600. The van der Waals surface area contributed by atoms with Crippen LogP contribution in [0.2, 0.25) is 0 Å². The molecule has 1 saturated heterocycles. The summed E-state index contributed by atoms with van der Waals surface area (Å²) in [5.41, 5.74) is 2.53. The first kappa shape index (κ1) is 19.6. The van der Waals surface area contributed by atoms with E-state index in [1.54, 1.807) is 13.1 Å². The molecule has 2 heterocycles. The van der Waals surface area contributed by atoms with Gasteiger partial charge in [0, 0.05) is 30.7 Å². The number of nitrogens with one attached hydrogen (secondary N) is 1. The van der Waals surface area contributed by atoms with Crippen molar-refractivity contribution >= 4 is 40.9 Å². The Balaban J connectivity index is 1.58. The van der Waals surface area contributed by atoms with E-state index in [0.717, 1.165) is 11.3 Å². The molecule has 0 unspecified atom stereocenters. The second-order valence-corrected chi connectivity index (χ2v) is 7.20. The van der Waals surface area contributed by atoms with E-state index >= 15 is 0 Å². The SMILES string of the molecule is CC(=O)NC[C@H]1CN(c2ccc(/C=C3\C(=O)N(C)c4ccccc43)c(F)c2)C(=O)O1. The number of hydrogen-bond acceptors (Lipinski definition) is 4. The van der Waals surface area contributed by atoms with Crippen molar-refractivity contribution in [2.75, 3.05) is 29.9 Å². The van der Waals surface area contributed by atoms with Crippen LogP contribution in [0.1, 0.15) is 18.1 Å². The summed E-state index contributed by atoms with van der Waals surface area (Å²) in [6.07, 6.45) is 0.415. The Morgan fingerprint density at radius 3 is 2.77 bits per heavy atom. The first-order valence-corrected chi connectivity index (χ1v) is 9.46. The van der Waals surface area contributed by atoms with Crippen molar-refractivity contribution in [1.82, 2.24) is 5.32 Å². The van der Waals surface area contributed by atoms with Gasteiger partial charge < -0.3 is 15.0 Å². The summed E-state index contributed by atoms with van der Waals surface area (Å²) in [5, 5.41) is 2.60. The Hall–Kier alpha value is -3.68. The average molecular weight is 409 g/mol. The smallest absolute Gasteiger partial charge is 0.414 e. The van der Waals surface area contributed by atoms with Crippen LogP contribution in [0.5, 0.6) is 0 Å². The van der Waals surface area contributed by atoms with Gasteiger partial charge in [0.25, 0.3) is 5.91 Å². The fraction of sp³-hybridized carbons (Fsp3) is 0.227. The molecule has 30 heavy (non-hydrogen) atoms. The van der Waals surface area contributed by atoms with Gasteiger partial charge in [0.15, 0.2) is 0 Å². The molecule has 0 bridgehead atoms. The molecule has 0 spiro atoms. The largest absolute Gasteiger partial charge is 0.442 e. The third kappa shape index (κ3) is 3.52. The molecule has 3 amide bonds. The maximum atomic E-state index is 14.8. The van der Waals surface area contributed by atoms with Gasteiger partial charge in [-0.05, 0) is 30.3 Å². The van der Waals surface area contributed by atoms with E-state index < -0.39 is 18.0 Å². The maximum Gasteiger partial charge on any atom is 0.414 e. The lowest BCUT2D eigenvalue weighted by atomic mass is 10.0. The Morgan fingerprint density at radius 2 is 2.03 bits per heavy atom. The fourth-order valence-electron chi connectivity index (χ4n) is 3.59. The number of amides is 3. The molecule has 154 valence electrons. The second-order valence-electron chi connectivity index (χ2n) is 7.20. The first-order valence-electron chi connectivity index (χ1n) is 9.46. The highest BCUT2D eigenvalue weighted by Gasteiger charge is 2.33. The molecule has 2 aliphatic rings. The number of benzene rings is 2. The lowest BCUT2D eigenvalue weighted by Crippen LogP contribution is -2.33. The zero-order valence-corrected chi connectivity index (χ0v) is 16.5. The summed E-state index contributed by atoms with van der Waals surface area (Å²) < 4.78 is 20.0. The first-order chi connectivity index (χ1) is 14.3. The van der Waals surface area contributed by atoms with Crippen LogP contribution in [0.15, 0.2) is 42.5 Å². The number of fused-ring (bicyclic) bond motifs is 1. The van der Waals surface area contributed by atoms with Gasteiger partial charge in [0.2, 0.25) is 5.91 Å². The van der Waals surface area contributed by atoms with E-state index in [0.29, 0.717) is 11.3 Å². The predicted molar refractivity (Wildman–Crippen MR) is 110 cm³/mol. The normalized spacial score (nSPS) is 19.3. The van der Waals surface area contributed by atoms with Crippen LogP contribution in [0.4, 0.5) is 20.6 Å². The molecule has 0 saturated carbocycles. The van der Waals surface area contributed by atoms with Crippen molar-refractivity contribution in [3.05, 3.63) is 59.4 Å². The van der Waals surface area contributed by atoms with Crippen LogP contribution in [-0.2, 0) is 14.3 Å². The van der Waals surface area contributed by atoms with Crippen molar-refractivity contribution in [3.8, 4) is 0 Å². The minimum absolute atomic E-state index is 0.194. The number of cyclic esters (lactones) is 1. The van der Waals surface area contributed by atoms with Gasteiger partial charge in [-0.2, -0.15) is 0 Å². The van der Waals surface area contributed by atoms with Gasteiger partial charge in [-0.25, -0.2) is 9.18 Å². The topological polar surface area (TPSA) is 79.0 Å². The zero-order chi connectivity index (χ0) is 21.4. The summed E-state index contributed by atoms with van der Waals surface area (Å²) in [6.45, 7) is 1.78. The average Bonchev–Trinajstić information content (AvgIpc) is 3.21. The van der Waals surface area contributed by atoms with Crippen molar-refractivity contribution in [3.63, 3.8) is 0 Å². The van der Waals surface area contributed by atoms with E-state index in [4.69, 9.17) is 4.74 Å². The molecule has 8 heteroatoms. The van der Waals surface area contributed by atoms with Crippen molar-refractivity contribution in [1.29, 1.82) is 0 Å². The maximum absolute atomic E-state index is 14.8. The number of ether oxygens (including phenoxy) is 1. The van der Waals surface area contributed by atoms with Crippen LogP contribution in [0, 0.1) is 5.82 Å². The molecule has 1 fully saturated rings. The lowest BCUT2D eigenvalue weighted by molar-refractivity contribution is -0.119. The molecule has 1 N–H and O–H groups in total. The Labute approximate surface area is 172 Å². The molecule has 1 atom stereocenters. The van der Waals surface area contributed by atoms with Gasteiger partial charge in [0.1, 0.15) is 11.9 Å². The van der Waals surface area contributed by atoms with Crippen LogP contribution >= 0.6 is 0 Å². The van der Waals surface area contributed by atoms with Gasteiger partial charge in [-0.3, -0.25) is 14.5 Å². The number of nitrogens with zero attached hydrogens (tertiary/aromatic N) is 2. The van der Waals surface area contributed by atoms with E-state index in [9.17, 15) is 18.8 Å². The highest BCUT2D eigenvalue weighted by Crippen LogP contribution is 2.37. The number of hydrogen-bond donors (Lipinski definition) is 1. The molecule has 7 nitrogen and oxygen atoms in total. The highest BCUT2D eigenvalue weighted by molar-refractivity contribution is 6.35. The number of para-hydroxylation sites is 1. The molecule has 0 aliphatic carbocycles. The standard InChI is InChI=1S/C22H20FN3O4/c1-13(27)24-11-16-12-26(22(29)30-16)15-8-7-14(19(23)10-15)9-18-17-5-3-4-6-20(17)25(2)21(18)28/h3-10,16H,11-12H2,1-2H3,(H,24,27)/b18-9-/t16-/m0/s1. The molecule has 0 aromatic heterocycles. The number of carbonyl (C=O) groups is 3. The molecular weight excluding hydrogens is 389 g/mol. The van der Waals surface area contributed by atoms with Crippen molar-refractivity contribution in [2.24, 2.45) is 0 Å². The third-order valence-corrected chi connectivity index (χ3v) is 5.14. The molecule has 2 aromatic carbocycles. The molecular formula is C22H20FN3O4. The summed E-state index contributed by atoms with van der Waals surface area (Å²) in [6, 6.07) is 11.7. The van der Waals surface area contributed by atoms with Gasteiger partial charge >= 0.3 is 6.09 Å². The van der Waals surface area contributed by atoms with Gasteiger partial charge in [0.05, 0.1) is 24.5 Å². The van der Waals surface area contributed by atoms with Crippen LogP contribution in [-0.4, -0.2) is 44.1 Å². The van der Waals surface area contributed by atoms with E-state index in [1.807, 2.05) is 24.3 Å². The summed E-state index contributed by atoms with van der Waals surface area (Å²) in [7, 11) is 1.68. The van der Waals surface area contributed by atoms with Crippen molar-refractivity contribution in [2.45, 2.75) is 13.0 Å². The summed E-state index contributed by atoms with van der Waals surface area (Å²) in [4.78, 5) is 38.6. The number of anilines is 2. The number of rotatable bonds is 4. The highest BCUT2D eigenvalue weighted by atomic mass is 19.1. The Bertz CT molecular complexity index is 1080. The summed E-state index contributed by atoms with van der Waals surface area (Å²) in [5.74, 6) is -0.983. The zero-order valence-electron chi connectivity index (χ0n) is 16.5. The van der Waals surface area contributed by atoms with E-state index in [2.05, 4.69) is 5.32 Å². The predicted octanol–water partition coefficient (Wildman–Crippen LogP) is 2.80. The van der Waals surface area contributed by atoms with Crippen LogP contribution in [0.25, 0.3) is 11.6 Å². The van der Waals surface area contributed by atoms with E-state index in [-0.39, 0.29) is 30.5 Å². The molecule has 4 rings (SSSR count). The van der Waals surface area contributed by atoms with E-state index in [1.165, 1.54) is 34.9 Å². The minimum Gasteiger partial charge on any atom is -0.442 e. The quantitative estimate of drug-likeness (QED) is 0.788. The fourth-order valence-corrected chi connectivity index (χ4v) is 3.59. The second kappa shape index (κ2) is 7.62. The molecule has 2 aliphatic heterocycles. The third-order valence-electron chi connectivity index (χ3n) is 5.14. The number of carbonyl (C=O) groups excluding carboxylic acids is 3.